The van der Waals surface area contributed by atoms with E-state index in [0.29, 0.717) is 23.7 Å². The smallest absolute Gasteiger partial charge is 0.0664 e. The molecule has 0 aliphatic heterocycles. The Morgan fingerprint density at radius 3 is 2.59 bits per heavy atom. The molecule has 0 amide bonds. The third-order valence-electron chi connectivity index (χ3n) is 5.01. The first-order valence-corrected chi connectivity index (χ1v) is 7.55. The highest BCUT2D eigenvalue weighted by Gasteiger charge is 2.55. The van der Waals surface area contributed by atoms with Crippen molar-refractivity contribution in [1.82, 2.24) is 5.32 Å². The van der Waals surface area contributed by atoms with Crippen LogP contribution in [-0.4, -0.2) is 25.3 Å². The van der Waals surface area contributed by atoms with Gasteiger partial charge < -0.3 is 10.1 Å². The summed E-state index contributed by atoms with van der Waals surface area (Å²) in [6, 6.07) is 0.710. The maximum atomic E-state index is 6.31. The molecule has 0 aromatic carbocycles. The Morgan fingerprint density at radius 1 is 1.29 bits per heavy atom. The predicted molar refractivity (Wildman–Crippen MR) is 72.2 cm³/mol. The minimum Gasteiger partial charge on any atom is -0.375 e. The zero-order valence-electron chi connectivity index (χ0n) is 11.8. The summed E-state index contributed by atoms with van der Waals surface area (Å²) in [4.78, 5) is 0. The van der Waals surface area contributed by atoms with E-state index in [0.717, 1.165) is 0 Å². The van der Waals surface area contributed by atoms with E-state index in [1.54, 1.807) is 0 Å². The van der Waals surface area contributed by atoms with Gasteiger partial charge in [-0.3, -0.25) is 0 Å². The summed E-state index contributed by atoms with van der Waals surface area (Å²) in [5.74, 6) is 0. The van der Waals surface area contributed by atoms with Crippen LogP contribution in [0.5, 0.6) is 0 Å². The Balaban J connectivity index is 1.94. The normalized spacial score (nSPS) is 33.4. The van der Waals surface area contributed by atoms with Crippen LogP contribution < -0.4 is 5.32 Å². The number of nitrogens with one attached hydrogen (secondary N) is 1. The Bertz CT molecular complexity index is 235. The Morgan fingerprint density at radius 2 is 2.00 bits per heavy atom. The van der Waals surface area contributed by atoms with Crippen molar-refractivity contribution in [1.29, 1.82) is 0 Å². The molecule has 2 saturated carbocycles. The summed E-state index contributed by atoms with van der Waals surface area (Å²) in [6.45, 7) is 4.49. The Hall–Kier alpha value is -0.0800. The van der Waals surface area contributed by atoms with Gasteiger partial charge in [-0.05, 0) is 39.7 Å². The van der Waals surface area contributed by atoms with E-state index in [9.17, 15) is 0 Å². The van der Waals surface area contributed by atoms with Crippen LogP contribution >= 0.6 is 0 Å². The van der Waals surface area contributed by atoms with Crippen LogP contribution in [0.2, 0.25) is 0 Å². The van der Waals surface area contributed by atoms with Crippen molar-refractivity contribution in [2.75, 3.05) is 7.05 Å². The predicted octanol–water partition coefficient (Wildman–Crippen LogP) is 3.50. The fourth-order valence-corrected chi connectivity index (χ4v) is 3.98. The zero-order valence-corrected chi connectivity index (χ0v) is 11.8. The van der Waals surface area contributed by atoms with E-state index in [1.807, 2.05) is 0 Å². The molecule has 2 rings (SSSR count). The van der Waals surface area contributed by atoms with Gasteiger partial charge in [0.1, 0.15) is 0 Å². The van der Waals surface area contributed by atoms with Crippen LogP contribution in [0, 0.1) is 5.41 Å². The molecule has 100 valence electrons. The number of rotatable bonds is 5. The lowest BCUT2D eigenvalue weighted by molar-refractivity contribution is -0.172. The average Bonchev–Trinajstić information content (AvgIpc) is 2.35. The lowest BCUT2D eigenvalue weighted by Gasteiger charge is -2.58. The third kappa shape index (κ3) is 2.53. The summed E-state index contributed by atoms with van der Waals surface area (Å²) in [6.07, 6.45) is 11.6. The maximum Gasteiger partial charge on any atom is 0.0664 e. The van der Waals surface area contributed by atoms with Gasteiger partial charge in [0.05, 0.1) is 12.2 Å². The molecule has 1 spiro atoms. The molecule has 2 fully saturated rings. The van der Waals surface area contributed by atoms with Gasteiger partial charge in [0.15, 0.2) is 0 Å². The van der Waals surface area contributed by atoms with Gasteiger partial charge in [0.2, 0.25) is 0 Å². The van der Waals surface area contributed by atoms with E-state index < -0.39 is 0 Å². The van der Waals surface area contributed by atoms with Crippen LogP contribution in [0.3, 0.4) is 0 Å². The van der Waals surface area contributed by atoms with Gasteiger partial charge in [-0.25, -0.2) is 0 Å². The first-order valence-electron chi connectivity index (χ1n) is 7.55. The second kappa shape index (κ2) is 5.71. The topological polar surface area (TPSA) is 21.3 Å². The fraction of sp³-hybridized carbons (Fsp3) is 1.00. The molecule has 2 nitrogen and oxygen atoms in total. The van der Waals surface area contributed by atoms with Gasteiger partial charge in [0, 0.05) is 11.5 Å². The van der Waals surface area contributed by atoms with Crippen molar-refractivity contribution in [3.8, 4) is 0 Å². The summed E-state index contributed by atoms with van der Waals surface area (Å²) in [5.41, 5.74) is 0.481. The lowest BCUT2D eigenvalue weighted by Crippen LogP contribution is -2.64. The summed E-state index contributed by atoms with van der Waals surface area (Å²) >= 11 is 0. The monoisotopic (exact) mass is 239 g/mol. The van der Waals surface area contributed by atoms with Crippen molar-refractivity contribution < 1.29 is 4.74 Å². The second-order valence-corrected chi connectivity index (χ2v) is 6.09. The van der Waals surface area contributed by atoms with Gasteiger partial charge in [0.25, 0.3) is 0 Å². The van der Waals surface area contributed by atoms with E-state index in [-0.39, 0.29) is 0 Å². The molecule has 3 unspecified atom stereocenters. The molecular weight excluding hydrogens is 210 g/mol. The van der Waals surface area contributed by atoms with Crippen LogP contribution in [0.1, 0.15) is 65.2 Å². The van der Waals surface area contributed by atoms with Gasteiger partial charge >= 0.3 is 0 Å². The second-order valence-electron chi connectivity index (χ2n) is 6.09. The number of hydrogen-bond acceptors (Lipinski definition) is 2. The van der Waals surface area contributed by atoms with E-state index in [2.05, 4.69) is 26.2 Å². The minimum atomic E-state index is 0.446. The molecule has 0 aromatic heterocycles. The molecule has 2 heteroatoms. The quantitative estimate of drug-likeness (QED) is 0.793. The van der Waals surface area contributed by atoms with Crippen LogP contribution in [0.25, 0.3) is 0 Å². The molecule has 2 aliphatic carbocycles. The van der Waals surface area contributed by atoms with Crippen molar-refractivity contribution in [3.63, 3.8) is 0 Å². The van der Waals surface area contributed by atoms with Crippen molar-refractivity contribution >= 4 is 0 Å². The first kappa shape index (κ1) is 13.4. The molecule has 1 N–H and O–H groups in total. The fourth-order valence-electron chi connectivity index (χ4n) is 3.98. The Kier molecular flexibility index (Phi) is 4.48. The molecule has 3 atom stereocenters. The van der Waals surface area contributed by atoms with Crippen LogP contribution in [0.15, 0.2) is 0 Å². The van der Waals surface area contributed by atoms with Crippen LogP contribution in [-0.2, 0) is 4.74 Å². The number of hydrogen-bond donors (Lipinski definition) is 1. The maximum absolute atomic E-state index is 6.31. The SMILES string of the molecule is CCCC(C)OC1CC(NC)C12CCCCC2. The molecule has 17 heavy (non-hydrogen) atoms. The van der Waals surface area contributed by atoms with Crippen molar-refractivity contribution in [3.05, 3.63) is 0 Å². The Labute approximate surface area is 107 Å². The van der Waals surface area contributed by atoms with E-state index >= 15 is 0 Å². The molecule has 0 radical (unpaired) electrons. The largest absolute Gasteiger partial charge is 0.375 e. The van der Waals surface area contributed by atoms with Gasteiger partial charge in [-0.2, -0.15) is 0 Å². The first-order chi connectivity index (χ1) is 8.23. The molecule has 0 saturated heterocycles. The highest BCUT2D eigenvalue weighted by Crippen LogP contribution is 2.53. The molecule has 0 heterocycles. The number of ether oxygens (including phenoxy) is 1. The zero-order chi connectivity index (χ0) is 12.3. The van der Waals surface area contributed by atoms with E-state index in [4.69, 9.17) is 4.74 Å². The summed E-state index contributed by atoms with van der Waals surface area (Å²) < 4.78 is 6.31. The molecule has 0 bridgehead atoms. The summed E-state index contributed by atoms with van der Waals surface area (Å²) in [5, 5.41) is 3.52. The average molecular weight is 239 g/mol. The molecule has 2 aliphatic rings. The molecular formula is C15H29NO. The van der Waals surface area contributed by atoms with Crippen LogP contribution in [0.4, 0.5) is 0 Å². The van der Waals surface area contributed by atoms with Gasteiger partial charge in [-0.15, -0.1) is 0 Å². The van der Waals surface area contributed by atoms with E-state index in [1.165, 1.54) is 51.4 Å². The summed E-state index contributed by atoms with van der Waals surface area (Å²) in [7, 11) is 2.12. The van der Waals surface area contributed by atoms with Crippen molar-refractivity contribution in [2.24, 2.45) is 5.41 Å². The minimum absolute atomic E-state index is 0.446. The lowest BCUT2D eigenvalue weighted by atomic mass is 9.55. The molecule has 0 aromatic rings. The highest BCUT2D eigenvalue weighted by atomic mass is 16.5. The van der Waals surface area contributed by atoms with Crippen molar-refractivity contribution in [2.45, 2.75) is 83.5 Å². The highest BCUT2D eigenvalue weighted by molar-refractivity contribution is 5.08. The third-order valence-corrected chi connectivity index (χ3v) is 5.01. The van der Waals surface area contributed by atoms with Gasteiger partial charge in [-0.1, -0.05) is 32.6 Å². The standard InChI is InChI=1S/C15H29NO/c1-4-8-12(2)17-14-11-13(16-3)15(14)9-6-5-7-10-15/h12-14,16H,4-11H2,1-3H3.